The van der Waals surface area contributed by atoms with Crippen molar-refractivity contribution in [2.45, 2.75) is 25.3 Å². The Hall–Kier alpha value is -3.80. The Morgan fingerprint density at radius 2 is 1.79 bits per heavy atom. The molecule has 4 rings (SSSR count). The number of carbonyl (C=O) groups excluding carboxylic acids is 3. The molecule has 0 radical (unpaired) electrons. The number of thioether (sulfide) groups is 1. The second-order valence-corrected chi connectivity index (χ2v) is 11.3. The molecule has 1 saturated heterocycles. The number of rotatable bonds is 9. The van der Waals surface area contributed by atoms with Crippen LogP contribution in [0.4, 0.5) is 10.5 Å². The van der Waals surface area contributed by atoms with E-state index < -0.39 is 21.3 Å². The molecule has 1 N–H and O–H groups in total. The number of hydrogen-bond donors (Lipinski definition) is 1. The predicted octanol–water partition coefficient (Wildman–Crippen LogP) is 5.70. The van der Waals surface area contributed by atoms with Crippen molar-refractivity contribution in [3.8, 4) is 11.5 Å². The predicted molar refractivity (Wildman–Crippen MR) is 149 cm³/mol. The highest BCUT2D eigenvalue weighted by atomic mass is 35.5. The summed E-state index contributed by atoms with van der Waals surface area (Å²) in [5, 5.41) is 2.66. The van der Waals surface area contributed by atoms with E-state index in [1.165, 1.54) is 49.4 Å². The lowest BCUT2D eigenvalue weighted by molar-refractivity contribution is -0.123. The number of carbonyl (C=O) groups is 3. The van der Waals surface area contributed by atoms with Crippen LogP contribution in [-0.4, -0.2) is 37.0 Å². The van der Waals surface area contributed by atoms with Gasteiger partial charge in [-0.2, -0.15) is 8.42 Å². The molecule has 1 aliphatic rings. The highest BCUT2D eigenvalue weighted by Gasteiger charge is 2.35. The van der Waals surface area contributed by atoms with Gasteiger partial charge in [0.25, 0.3) is 11.1 Å². The lowest BCUT2D eigenvalue weighted by Crippen LogP contribution is -2.27. The minimum absolute atomic E-state index is 0.0472. The smallest absolute Gasteiger partial charge is 0.339 e. The molecule has 202 valence electrons. The van der Waals surface area contributed by atoms with Crippen LogP contribution in [0.5, 0.6) is 11.5 Å². The lowest BCUT2D eigenvalue weighted by atomic mass is 10.1. The largest absolute Gasteiger partial charge is 0.490 e. The third kappa shape index (κ3) is 6.99. The van der Waals surface area contributed by atoms with E-state index in [1.807, 2.05) is 0 Å². The van der Waals surface area contributed by atoms with Crippen molar-refractivity contribution < 1.29 is 31.7 Å². The Morgan fingerprint density at radius 3 is 2.46 bits per heavy atom. The summed E-state index contributed by atoms with van der Waals surface area (Å²) in [5.74, 6) is -0.639. The number of halogens is 1. The second-order valence-electron chi connectivity index (χ2n) is 8.28. The first-order valence-corrected chi connectivity index (χ1v) is 14.2. The molecule has 1 fully saturated rings. The molecule has 0 unspecified atom stereocenters. The molecule has 1 heterocycles. The molecule has 0 aliphatic carbocycles. The van der Waals surface area contributed by atoms with Crippen LogP contribution in [0.3, 0.4) is 0 Å². The Bertz CT molecular complexity index is 1570. The Kier molecular flexibility index (Phi) is 8.63. The van der Waals surface area contributed by atoms with Gasteiger partial charge in [-0.25, -0.2) is 0 Å². The van der Waals surface area contributed by atoms with Crippen LogP contribution in [0.15, 0.2) is 76.5 Å². The van der Waals surface area contributed by atoms with Gasteiger partial charge in [0, 0.05) is 17.6 Å². The van der Waals surface area contributed by atoms with Crippen molar-refractivity contribution >= 4 is 62.3 Å². The Morgan fingerprint density at radius 1 is 1.05 bits per heavy atom. The van der Waals surface area contributed by atoms with E-state index in [-0.39, 0.29) is 40.4 Å². The fourth-order valence-electron chi connectivity index (χ4n) is 3.63. The van der Waals surface area contributed by atoms with Gasteiger partial charge in [0.05, 0.1) is 18.1 Å². The van der Waals surface area contributed by atoms with Gasteiger partial charge in [-0.3, -0.25) is 19.3 Å². The van der Waals surface area contributed by atoms with Gasteiger partial charge in [-0.05, 0) is 84.4 Å². The van der Waals surface area contributed by atoms with Crippen LogP contribution in [0, 0.1) is 0 Å². The monoisotopic (exact) mass is 586 g/mol. The highest BCUT2D eigenvalue weighted by molar-refractivity contribution is 8.18. The molecule has 3 aromatic carbocycles. The number of benzene rings is 3. The van der Waals surface area contributed by atoms with Crippen molar-refractivity contribution in [3.05, 3.63) is 87.8 Å². The molecule has 1 aliphatic heterocycles. The van der Waals surface area contributed by atoms with Crippen molar-refractivity contribution in [2.24, 2.45) is 0 Å². The first-order valence-electron chi connectivity index (χ1n) is 11.6. The third-order valence-electron chi connectivity index (χ3n) is 5.33. The van der Waals surface area contributed by atoms with E-state index in [2.05, 4.69) is 5.32 Å². The van der Waals surface area contributed by atoms with Gasteiger partial charge in [0.2, 0.25) is 5.91 Å². The van der Waals surface area contributed by atoms with E-state index in [9.17, 15) is 22.8 Å². The van der Waals surface area contributed by atoms with Crippen molar-refractivity contribution in [1.82, 2.24) is 4.90 Å². The molecule has 3 aromatic rings. The number of nitrogens with one attached hydrogen (secondary N) is 1. The van der Waals surface area contributed by atoms with Crippen molar-refractivity contribution in [3.63, 3.8) is 0 Å². The topological polar surface area (TPSA) is 119 Å². The Labute approximate surface area is 234 Å². The van der Waals surface area contributed by atoms with Gasteiger partial charge in [-0.15, -0.1) is 0 Å². The van der Waals surface area contributed by atoms with Crippen LogP contribution < -0.4 is 14.2 Å². The van der Waals surface area contributed by atoms with Gasteiger partial charge in [0.15, 0.2) is 11.5 Å². The quantitative estimate of drug-likeness (QED) is 0.250. The molecule has 0 aromatic heterocycles. The summed E-state index contributed by atoms with van der Waals surface area (Å²) in [7, 11) is -4.22. The molecule has 9 nitrogen and oxygen atoms in total. The second kappa shape index (κ2) is 11.9. The van der Waals surface area contributed by atoms with Crippen LogP contribution >= 0.6 is 23.4 Å². The number of imide groups is 1. The first-order chi connectivity index (χ1) is 18.6. The van der Waals surface area contributed by atoms with Crippen LogP contribution in [0.1, 0.15) is 25.0 Å². The zero-order chi connectivity index (χ0) is 28.2. The van der Waals surface area contributed by atoms with E-state index in [4.69, 9.17) is 20.5 Å². The standard InChI is InChI=1S/C27H23ClN2O7S2/c1-3-36-24-14-18(15-25-26(32)30(27(33)38-25)16-19-5-4-6-20(28)13-19)7-12-23(24)37-39(34,35)22-10-8-21(9-11-22)29-17(2)31/h4-15H,3,16H2,1-2H3,(H,29,31)/b25-15-. The number of hydrogen-bond acceptors (Lipinski definition) is 8. The fraction of sp³-hybridized carbons (Fsp3) is 0.148. The minimum Gasteiger partial charge on any atom is -0.490 e. The minimum atomic E-state index is -4.22. The molecular formula is C27H23ClN2O7S2. The summed E-state index contributed by atoms with van der Waals surface area (Å²) in [5.41, 5.74) is 1.67. The summed E-state index contributed by atoms with van der Waals surface area (Å²) < 4.78 is 36.7. The average molecular weight is 587 g/mol. The molecular weight excluding hydrogens is 564 g/mol. The molecule has 39 heavy (non-hydrogen) atoms. The maximum atomic E-state index is 12.9. The van der Waals surface area contributed by atoms with Crippen molar-refractivity contribution in [1.29, 1.82) is 0 Å². The summed E-state index contributed by atoms with van der Waals surface area (Å²) >= 11 is 6.82. The fourth-order valence-corrected chi connectivity index (χ4v) is 5.62. The normalized spacial score (nSPS) is 14.5. The van der Waals surface area contributed by atoms with E-state index in [1.54, 1.807) is 37.3 Å². The van der Waals surface area contributed by atoms with Crippen LogP contribution in [-0.2, 0) is 26.3 Å². The summed E-state index contributed by atoms with van der Waals surface area (Å²) in [6, 6.07) is 16.9. The summed E-state index contributed by atoms with van der Waals surface area (Å²) in [4.78, 5) is 37.9. The number of amides is 3. The maximum absolute atomic E-state index is 12.9. The third-order valence-corrected chi connectivity index (χ3v) is 7.72. The number of anilines is 1. The van der Waals surface area contributed by atoms with Gasteiger partial charge in [-0.1, -0.05) is 29.8 Å². The highest BCUT2D eigenvalue weighted by Crippen LogP contribution is 2.36. The first kappa shape index (κ1) is 28.2. The van der Waals surface area contributed by atoms with Crippen LogP contribution in [0.25, 0.3) is 6.08 Å². The van der Waals surface area contributed by atoms with Gasteiger partial charge >= 0.3 is 10.1 Å². The molecule has 12 heteroatoms. The molecule has 0 saturated carbocycles. The Balaban J connectivity index is 1.54. The maximum Gasteiger partial charge on any atom is 0.339 e. The zero-order valence-electron chi connectivity index (χ0n) is 20.8. The summed E-state index contributed by atoms with van der Waals surface area (Å²) in [6.07, 6.45) is 1.53. The zero-order valence-corrected chi connectivity index (χ0v) is 23.2. The summed E-state index contributed by atoms with van der Waals surface area (Å²) in [6.45, 7) is 3.39. The molecule has 0 spiro atoms. The SMILES string of the molecule is CCOc1cc(/C=C2\SC(=O)N(Cc3cccc(Cl)c3)C2=O)ccc1OS(=O)(=O)c1ccc(NC(C)=O)cc1. The van der Waals surface area contributed by atoms with E-state index in [0.717, 1.165) is 22.2 Å². The van der Waals surface area contributed by atoms with Crippen LogP contribution in [0.2, 0.25) is 5.02 Å². The van der Waals surface area contributed by atoms with E-state index in [0.29, 0.717) is 16.3 Å². The van der Waals surface area contributed by atoms with E-state index >= 15 is 0 Å². The number of nitrogens with zero attached hydrogens (tertiary/aromatic N) is 1. The van der Waals surface area contributed by atoms with Crippen molar-refractivity contribution in [2.75, 3.05) is 11.9 Å². The van der Waals surface area contributed by atoms with Gasteiger partial charge < -0.3 is 14.2 Å². The van der Waals surface area contributed by atoms with Gasteiger partial charge in [0.1, 0.15) is 4.90 Å². The number of ether oxygens (including phenoxy) is 1. The lowest BCUT2D eigenvalue weighted by Gasteiger charge is -2.13. The molecule has 0 bridgehead atoms. The molecule has 3 amide bonds. The molecule has 0 atom stereocenters. The average Bonchev–Trinajstić information content (AvgIpc) is 3.13.